The lowest BCUT2D eigenvalue weighted by Crippen LogP contribution is -1.90. The summed E-state index contributed by atoms with van der Waals surface area (Å²) in [5, 5.41) is 10.8. The Hall–Kier alpha value is -0.670. The molecule has 94 valence electrons. The number of hydrogen-bond donors (Lipinski definition) is 1. The highest BCUT2D eigenvalue weighted by Crippen LogP contribution is 2.37. The summed E-state index contributed by atoms with van der Waals surface area (Å²) in [4.78, 5) is 1.89. The van der Waals surface area contributed by atoms with Gasteiger partial charge in [0.15, 0.2) is 0 Å². The molecule has 0 amide bonds. The van der Waals surface area contributed by atoms with Gasteiger partial charge in [-0.3, -0.25) is 0 Å². The number of hydrogen-bond acceptors (Lipinski definition) is 2. The molecule has 0 saturated carbocycles. The number of aliphatic hydroxyl groups excluding tert-OH is 1. The van der Waals surface area contributed by atoms with E-state index in [0.717, 1.165) is 15.4 Å². The molecular formula is C14H12Cl2OS. The van der Waals surface area contributed by atoms with Crippen LogP contribution < -0.4 is 0 Å². The summed E-state index contributed by atoms with van der Waals surface area (Å²) >= 11 is 13.8. The van der Waals surface area contributed by atoms with Crippen LogP contribution in [0.5, 0.6) is 0 Å². The molecule has 0 aliphatic rings. The number of benzene rings is 2. The second-order valence-corrected chi connectivity index (χ2v) is 5.80. The molecule has 0 spiro atoms. The zero-order chi connectivity index (χ0) is 13.1. The maximum Gasteiger partial charge on any atom is 0.0762 e. The van der Waals surface area contributed by atoms with Gasteiger partial charge in [0.25, 0.3) is 0 Å². The minimum absolute atomic E-state index is 0.512. The molecule has 2 aromatic rings. The Labute approximate surface area is 121 Å². The van der Waals surface area contributed by atoms with E-state index in [0.29, 0.717) is 10.0 Å². The molecule has 2 rings (SSSR count). The first-order valence-corrected chi connectivity index (χ1v) is 7.05. The minimum Gasteiger partial charge on any atom is -0.389 e. The summed E-state index contributed by atoms with van der Waals surface area (Å²) in [6, 6.07) is 13.2. The Kier molecular flexibility index (Phi) is 4.57. The lowest BCUT2D eigenvalue weighted by atomic mass is 10.1. The van der Waals surface area contributed by atoms with Crippen molar-refractivity contribution in [3.63, 3.8) is 0 Å². The summed E-state index contributed by atoms with van der Waals surface area (Å²) in [7, 11) is 0. The summed E-state index contributed by atoms with van der Waals surface area (Å²) in [5.74, 6) is 0. The van der Waals surface area contributed by atoms with E-state index >= 15 is 0 Å². The van der Waals surface area contributed by atoms with E-state index in [1.54, 1.807) is 13.0 Å². The second kappa shape index (κ2) is 5.98. The fourth-order valence-electron chi connectivity index (χ4n) is 1.51. The Bertz CT molecular complexity index is 555. The second-order valence-electron chi connectivity index (χ2n) is 3.90. The van der Waals surface area contributed by atoms with Crippen LogP contribution in [0, 0.1) is 0 Å². The number of halogens is 2. The van der Waals surface area contributed by atoms with E-state index in [1.165, 1.54) is 11.8 Å². The normalized spacial score (nSPS) is 12.4. The Morgan fingerprint density at radius 3 is 2.28 bits per heavy atom. The molecule has 0 aliphatic carbocycles. The predicted octanol–water partition coefficient (Wildman–Crippen LogP) is 5.20. The van der Waals surface area contributed by atoms with Crippen LogP contribution in [0.1, 0.15) is 18.6 Å². The van der Waals surface area contributed by atoms with Gasteiger partial charge in [0.1, 0.15) is 0 Å². The molecule has 1 N–H and O–H groups in total. The highest BCUT2D eigenvalue weighted by molar-refractivity contribution is 7.99. The van der Waals surface area contributed by atoms with Crippen LogP contribution in [0.25, 0.3) is 0 Å². The van der Waals surface area contributed by atoms with E-state index in [9.17, 15) is 5.11 Å². The molecule has 1 unspecified atom stereocenters. The van der Waals surface area contributed by atoms with E-state index < -0.39 is 6.10 Å². The van der Waals surface area contributed by atoms with Gasteiger partial charge in [-0.1, -0.05) is 53.2 Å². The molecule has 18 heavy (non-hydrogen) atoms. The zero-order valence-corrected chi connectivity index (χ0v) is 12.1. The van der Waals surface area contributed by atoms with E-state index in [1.807, 2.05) is 36.4 Å². The van der Waals surface area contributed by atoms with Gasteiger partial charge >= 0.3 is 0 Å². The SMILES string of the molecule is CC(O)c1ccc(Sc2ccccc2Cl)c(Cl)c1. The standard InChI is InChI=1S/C14H12Cl2OS/c1-9(17)10-6-7-14(12(16)8-10)18-13-5-3-2-4-11(13)15/h2-9,17H,1H3. The van der Waals surface area contributed by atoms with Crippen LogP contribution in [0.3, 0.4) is 0 Å². The van der Waals surface area contributed by atoms with E-state index in [-0.39, 0.29) is 0 Å². The predicted molar refractivity (Wildman–Crippen MR) is 77.7 cm³/mol. The van der Waals surface area contributed by atoms with Crippen molar-refractivity contribution >= 4 is 35.0 Å². The first kappa shape index (κ1) is 13.8. The quantitative estimate of drug-likeness (QED) is 0.840. The fraction of sp³-hybridized carbons (Fsp3) is 0.143. The topological polar surface area (TPSA) is 20.2 Å². The summed E-state index contributed by atoms with van der Waals surface area (Å²) in [6.45, 7) is 1.71. The largest absolute Gasteiger partial charge is 0.389 e. The molecular weight excluding hydrogens is 287 g/mol. The molecule has 2 aromatic carbocycles. The molecule has 4 heteroatoms. The molecule has 0 radical (unpaired) electrons. The average molecular weight is 299 g/mol. The van der Waals surface area contributed by atoms with Gasteiger partial charge in [-0.2, -0.15) is 0 Å². The Balaban J connectivity index is 2.28. The zero-order valence-electron chi connectivity index (χ0n) is 9.73. The van der Waals surface area contributed by atoms with Crippen molar-refractivity contribution in [1.82, 2.24) is 0 Å². The van der Waals surface area contributed by atoms with Crippen molar-refractivity contribution in [2.75, 3.05) is 0 Å². The molecule has 0 fully saturated rings. The van der Waals surface area contributed by atoms with Crippen LogP contribution in [-0.2, 0) is 0 Å². The first-order chi connectivity index (χ1) is 8.58. The van der Waals surface area contributed by atoms with Crippen molar-refractivity contribution in [3.8, 4) is 0 Å². The Morgan fingerprint density at radius 1 is 1.00 bits per heavy atom. The van der Waals surface area contributed by atoms with Crippen molar-refractivity contribution in [2.45, 2.75) is 22.8 Å². The highest BCUT2D eigenvalue weighted by atomic mass is 35.5. The van der Waals surface area contributed by atoms with Crippen molar-refractivity contribution in [2.24, 2.45) is 0 Å². The van der Waals surface area contributed by atoms with Crippen LogP contribution in [0.4, 0.5) is 0 Å². The van der Waals surface area contributed by atoms with Crippen molar-refractivity contribution < 1.29 is 5.11 Å². The van der Waals surface area contributed by atoms with Gasteiger partial charge < -0.3 is 5.11 Å². The fourth-order valence-corrected chi connectivity index (χ4v) is 2.90. The van der Waals surface area contributed by atoms with Crippen LogP contribution >= 0.6 is 35.0 Å². The third-order valence-corrected chi connectivity index (χ3v) is 4.51. The third kappa shape index (κ3) is 3.21. The van der Waals surface area contributed by atoms with Crippen molar-refractivity contribution in [1.29, 1.82) is 0 Å². The first-order valence-electron chi connectivity index (χ1n) is 5.48. The Morgan fingerprint density at radius 2 is 1.67 bits per heavy atom. The smallest absolute Gasteiger partial charge is 0.0762 e. The number of rotatable bonds is 3. The molecule has 0 heterocycles. The van der Waals surface area contributed by atoms with E-state index in [4.69, 9.17) is 23.2 Å². The van der Waals surface area contributed by atoms with Gasteiger partial charge in [0.2, 0.25) is 0 Å². The third-order valence-electron chi connectivity index (χ3n) is 2.49. The molecule has 0 aliphatic heterocycles. The maximum absolute atomic E-state index is 9.49. The van der Waals surface area contributed by atoms with Crippen LogP contribution in [0.15, 0.2) is 52.3 Å². The van der Waals surface area contributed by atoms with Crippen LogP contribution in [-0.4, -0.2) is 5.11 Å². The summed E-state index contributed by atoms with van der Waals surface area (Å²) in [6.07, 6.45) is -0.512. The van der Waals surface area contributed by atoms with Crippen LogP contribution in [0.2, 0.25) is 10.0 Å². The molecule has 0 bridgehead atoms. The minimum atomic E-state index is -0.512. The van der Waals surface area contributed by atoms with Crippen molar-refractivity contribution in [3.05, 3.63) is 58.1 Å². The lowest BCUT2D eigenvalue weighted by molar-refractivity contribution is 0.199. The van der Waals surface area contributed by atoms with Gasteiger partial charge in [-0.15, -0.1) is 0 Å². The van der Waals surface area contributed by atoms with E-state index in [2.05, 4.69) is 0 Å². The van der Waals surface area contributed by atoms with Gasteiger partial charge in [-0.25, -0.2) is 0 Å². The molecule has 1 atom stereocenters. The lowest BCUT2D eigenvalue weighted by Gasteiger charge is -2.09. The average Bonchev–Trinajstić information content (AvgIpc) is 2.34. The van der Waals surface area contributed by atoms with Gasteiger partial charge in [0, 0.05) is 9.79 Å². The molecule has 1 nitrogen and oxygen atoms in total. The molecule has 0 saturated heterocycles. The summed E-state index contributed by atoms with van der Waals surface area (Å²) < 4.78 is 0. The van der Waals surface area contributed by atoms with Gasteiger partial charge in [-0.05, 0) is 36.8 Å². The highest BCUT2D eigenvalue weighted by Gasteiger charge is 2.08. The number of aliphatic hydroxyl groups is 1. The van der Waals surface area contributed by atoms with Gasteiger partial charge in [0.05, 0.1) is 16.1 Å². The summed E-state index contributed by atoms with van der Waals surface area (Å²) in [5.41, 5.74) is 0.809. The monoisotopic (exact) mass is 298 g/mol. The molecule has 0 aromatic heterocycles. The maximum atomic E-state index is 9.49.